The van der Waals surface area contributed by atoms with Crippen LogP contribution in [0.1, 0.15) is 74.0 Å². The molecule has 0 radical (unpaired) electrons. The summed E-state index contributed by atoms with van der Waals surface area (Å²) >= 11 is 0. The van der Waals surface area contributed by atoms with Gasteiger partial charge in [0.25, 0.3) is 6.47 Å². The third kappa shape index (κ3) is 25.8. The highest BCUT2D eigenvalue weighted by Crippen LogP contribution is 2.31. The van der Waals surface area contributed by atoms with Crippen LogP contribution in [-0.4, -0.2) is 254 Å². The van der Waals surface area contributed by atoms with Crippen molar-refractivity contribution in [3.8, 4) is 17.2 Å². The molecule has 0 atom stereocenters. The molecule has 9 rings (SSSR count). The van der Waals surface area contributed by atoms with Crippen LogP contribution < -0.4 is 19.9 Å². The first-order valence-electron chi connectivity index (χ1n) is 34.9. The number of ketones is 2. The number of nitrogen functional groups attached to an aromatic ring is 1. The predicted octanol–water partition coefficient (Wildman–Crippen LogP) is 7.89. The molecule has 0 saturated carbocycles. The van der Waals surface area contributed by atoms with Crippen molar-refractivity contribution in [2.75, 3.05) is 174 Å². The molecule has 0 aromatic heterocycles. The molecule has 0 bridgehead atoms. The summed E-state index contributed by atoms with van der Waals surface area (Å²) in [5.41, 5.74) is 16.0. The lowest BCUT2D eigenvalue weighted by Gasteiger charge is -2.32. The molecule has 0 spiro atoms. The molecular formula is C77H112N10O13S3. The normalized spacial score (nSPS) is 15.3. The summed E-state index contributed by atoms with van der Waals surface area (Å²) in [4.78, 5) is 50.5. The van der Waals surface area contributed by atoms with Crippen molar-refractivity contribution in [2.45, 2.75) is 102 Å². The number of piperazine rings is 3. The van der Waals surface area contributed by atoms with E-state index in [0.29, 0.717) is 69.9 Å². The Morgan fingerprint density at radius 3 is 0.903 bits per heavy atom. The van der Waals surface area contributed by atoms with E-state index in [1.807, 2.05) is 36.4 Å². The number of aryl methyl sites for hydroxylation is 6. The minimum Gasteiger partial charge on any atom is -0.497 e. The summed E-state index contributed by atoms with van der Waals surface area (Å²) in [6, 6.07) is 34.8. The molecule has 3 saturated heterocycles. The second-order valence-electron chi connectivity index (χ2n) is 27.3. The number of ether oxygens (including phenoxy) is 4. The smallest absolute Gasteiger partial charge is 0.293 e. The number of benzene rings is 6. The third-order valence-corrected chi connectivity index (χ3v) is 25.3. The molecule has 3 fully saturated rings. The minimum absolute atomic E-state index is 0.0213. The zero-order valence-corrected chi connectivity index (χ0v) is 65.8. The summed E-state index contributed by atoms with van der Waals surface area (Å²) in [5.74, 6) is 1.92. The van der Waals surface area contributed by atoms with E-state index in [2.05, 4.69) is 91.7 Å². The maximum absolute atomic E-state index is 13.1. The summed E-state index contributed by atoms with van der Waals surface area (Å²) in [5, 5.41) is 0. The fourth-order valence-electron chi connectivity index (χ4n) is 12.5. The standard InChI is InChI=1S/2C26H37N3O4S.C13H19NO5S.C12H19N3/c2*1-20-16-25(33-5)17-21(2)26(20)34(31,32)28(4)11-10-24(30)18-22-6-8-23(9-7-22)19-29-14-12-27(3)13-15-29;1-10-7-12(18-4)8-11(2)13(10)20(16,17)14(3)5-6-19-9-15;1-14-6-8-15(9-7-14)10-11-2-4-12(13)5-3-11/h2*6-9,16-17H,10-15,18-19H2,1-5H3;7-9H,5-6H2,1-4H3;2-5H,6-10,13H2,1H3. The van der Waals surface area contributed by atoms with Gasteiger partial charge in [-0.1, -0.05) is 60.7 Å². The SMILES string of the molecule is CN1CCN(Cc2ccc(N)cc2)CC1.COc1cc(C)c(S(=O)(=O)N(C)CCC(=O)Cc2ccc(CN3CCN(C)CC3)cc2)c(C)c1.COc1cc(C)c(S(=O)(=O)N(C)CCC(=O)Cc2ccc(CN3CCN(C)CC3)cc2)c(C)c1.COc1cc(C)c(S(=O)(=O)N(C)CCOC=O)c(C)c1. The zero-order valence-electron chi connectivity index (χ0n) is 63.4. The van der Waals surface area contributed by atoms with Crippen molar-refractivity contribution in [3.05, 3.63) is 170 Å². The van der Waals surface area contributed by atoms with E-state index in [0.717, 1.165) is 93.1 Å². The number of nitrogens with two attached hydrogens (primary N) is 1. The number of hydrogen-bond acceptors (Lipinski definition) is 20. The van der Waals surface area contributed by atoms with E-state index in [4.69, 9.17) is 19.9 Å². The van der Waals surface area contributed by atoms with Gasteiger partial charge in [-0.05, 0) is 172 Å². The van der Waals surface area contributed by atoms with Crippen LogP contribution in [0.2, 0.25) is 0 Å². The molecule has 2 N–H and O–H groups in total. The Labute approximate surface area is 614 Å². The molecule has 3 aliphatic rings. The topological polar surface area (TPSA) is 246 Å². The predicted molar refractivity (Wildman–Crippen MR) is 408 cm³/mol. The minimum atomic E-state index is -3.70. The number of likely N-dealkylation sites (N-methyl/N-ethyl adjacent to an activating group) is 4. The molecule has 23 nitrogen and oxygen atoms in total. The van der Waals surface area contributed by atoms with Crippen LogP contribution in [-0.2, 0) is 81.7 Å². The quantitative estimate of drug-likeness (QED) is 0.0266. The molecule has 103 heavy (non-hydrogen) atoms. The molecule has 3 aliphatic heterocycles. The first-order chi connectivity index (χ1) is 48.8. The van der Waals surface area contributed by atoms with Gasteiger partial charge < -0.3 is 39.4 Å². The van der Waals surface area contributed by atoms with E-state index < -0.39 is 30.1 Å². The van der Waals surface area contributed by atoms with Crippen molar-refractivity contribution in [3.63, 3.8) is 0 Å². The number of hydrogen-bond donors (Lipinski definition) is 1. The van der Waals surface area contributed by atoms with Crippen LogP contribution in [0.5, 0.6) is 17.2 Å². The van der Waals surface area contributed by atoms with Crippen LogP contribution >= 0.6 is 0 Å². The number of carbonyl (C=O) groups excluding carboxylic acids is 3. The highest BCUT2D eigenvalue weighted by atomic mass is 32.2. The number of methoxy groups -OCH3 is 3. The highest BCUT2D eigenvalue weighted by Gasteiger charge is 2.29. The number of sulfonamides is 3. The van der Waals surface area contributed by atoms with Gasteiger partial charge in [-0.3, -0.25) is 29.1 Å². The Balaban J connectivity index is 0.000000226. The fourth-order valence-corrected chi connectivity index (χ4v) is 17.2. The monoisotopic (exact) mass is 1480 g/mol. The number of rotatable bonds is 29. The molecule has 26 heteroatoms. The average molecular weight is 1480 g/mol. The van der Waals surface area contributed by atoms with Gasteiger partial charge in [-0.15, -0.1) is 0 Å². The summed E-state index contributed by atoms with van der Waals surface area (Å²) in [7, 11) is 4.61. The van der Waals surface area contributed by atoms with Gasteiger partial charge in [0.05, 0.1) is 36.0 Å². The molecule has 0 amide bonds. The van der Waals surface area contributed by atoms with Crippen molar-refractivity contribution in [2.24, 2.45) is 0 Å². The average Bonchev–Trinajstić information content (AvgIpc) is 0.796. The lowest BCUT2D eigenvalue weighted by atomic mass is 10.0. The lowest BCUT2D eigenvalue weighted by molar-refractivity contribution is -0.128. The Morgan fingerprint density at radius 2 is 0.650 bits per heavy atom. The van der Waals surface area contributed by atoms with Crippen LogP contribution in [0.4, 0.5) is 5.69 Å². The second-order valence-corrected chi connectivity index (χ2v) is 33.2. The van der Waals surface area contributed by atoms with Gasteiger partial charge in [0.15, 0.2) is 0 Å². The van der Waals surface area contributed by atoms with Gasteiger partial charge >= 0.3 is 0 Å². The Kier molecular flexibility index (Phi) is 33.2. The second kappa shape index (κ2) is 40.4. The van der Waals surface area contributed by atoms with Gasteiger partial charge in [0.2, 0.25) is 30.1 Å². The number of anilines is 1. The molecular weight excluding hydrogens is 1370 g/mol. The van der Waals surface area contributed by atoms with E-state index >= 15 is 0 Å². The molecule has 6 aromatic carbocycles. The molecule has 6 aromatic rings. The summed E-state index contributed by atoms with van der Waals surface area (Å²) in [6.07, 6.45) is 0.965. The van der Waals surface area contributed by atoms with Crippen molar-refractivity contribution in [1.82, 2.24) is 42.3 Å². The van der Waals surface area contributed by atoms with Crippen molar-refractivity contribution >= 4 is 53.8 Å². The van der Waals surface area contributed by atoms with Crippen LogP contribution in [0.3, 0.4) is 0 Å². The van der Waals surface area contributed by atoms with Crippen LogP contribution in [0.25, 0.3) is 0 Å². The van der Waals surface area contributed by atoms with E-state index in [-0.39, 0.29) is 65.3 Å². The van der Waals surface area contributed by atoms with Crippen molar-refractivity contribution in [1.29, 1.82) is 0 Å². The summed E-state index contributed by atoms with van der Waals surface area (Å²) < 4.78 is 101. The first kappa shape index (κ1) is 84.8. The molecule has 0 unspecified atom stereocenters. The lowest BCUT2D eigenvalue weighted by Crippen LogP contribution is -2.43. The number of Topliss-reactive ketones (excluding diaryl/α,β-unsaturated/α-hetero) is 2. The molecule has 566 valence electrons. The Morgan fingerprint density at radius 1 is 0.408 bits per heavy atom. The Hall–Kier alpha value is -7.18. The first-order valence-corrected chi connectivity index (χ1v) is 39.3. The number of nitrogens with zero attached hydrogens (tertiary/aromatic N) is 9. The third-order valence-electron chi connectivity index (χ3n) is 18.9. The zero-order chi connectivity index (χ0) is 75.8. The van der Waals surface area contributed by atoms with E-state index in [9.17, 15) is 39.6 Å². The fraction of sp³-hybridized carbons (Fsp3) is 0.494. The number of carbonyl (C=O) groups is 3. The van der Waals surface area contributed by atoms with Gasteiger partial charge in [0, 0.05) is 170 Å². The van der Waals surface area contributed by atoms with Gasteiger partial charge in [0.1, 0.15) is 35.4 Å². The van der Waals surface area contributed by atoms with Gasteiger partial charge in [-0.25, -0.2) is 33.9 Å². The maximum atomic E-state index is 13.1. The van der Waals surface area contributed by atoms with Crippen LogP contribution in [0.15, 0.2) is 124 Å². The summed E-state index contributed by atoms with van der Waals surface area (Å²) in [6.45, 7) is 27.4. The van der Waals surface area contributed by atoms with Crippen LogP contribution in [0, 0.1) is 41.5 Å². The van der Waals surface area contributed by atoms with Gasteiger partial charge in [-0.2, -0.15) is 4.31 Å². The largest absolute Gasteiger partial charge is 0.497 e. The molecule has 0 aliphatic carbocycles. The highest BCUT2D eigenvalue weighted by molar-refractivity contribution is 7.89. The van der Waals surface area contributed by atoms with E-state index in [1.54, 1.807) is 92.2 Å². The molecule has 3 heterocycles. The van der Waals surface area contributed by atoms with Crippen molar-refractivity contribution < 1.29 is 58.6 Å². The maximum Gasteiger partial charge on any atom is 0.293 e. The Bertz CT molecular complexity index is 3820. The van der Waals surface area contributed by atoms with E-state index in [1.165, 1.54) is 79.7 Å².